The number of hydrogen-bond acceptors (Lipinski definition) is 6. The van der Waals surface area contributed by atoms with Gasteiger partial charge in [-0.2, -0.15) is 4.31 Å². The highest BCUT2D eigenvalue weighted by Crippen LogP contribution is 2.27. The summed E-state index contributed by atoms with van der Waals surface area (Å²) in [7, 11) is -1.24. The molecule has 0 unspecified atom stereocenters. The van der Waals surface area contributed by atoms with Crippen LogP contribution in [0.1, 0.15) is 5.56 Å². The van der Waals surface area contributed by atoms with Crippen LogP contribution in [-0.2, 0) is 30.7 Å². The predicted molar refractivity (Wildman–Crippen MR) is 113 cm³/mol. The molecule has 4 rings (SSSR count). The van der Waals surface area contributed by atoms with Gasteiger partial charge in [-0.1, -0.05) is 18.2 Å². The quantitative estimate of drug-likeness (QED) is 0.607. The molecule has 3 heterocycles. The number of nitrogens with zero attached hydrogens (tertiary/aromatic N) is 4. The van der Waals surface area contributed by atoms with E-state index in [2.05, 4.69) is 22.4 Å². The molecule has 0 radical (unpaired) electrons. The van der Waals surface area contributed by atoms with Gasteiger partial charge >= 0.3 is 5.69 Å². The molecule has 8 nitrogen and oxygen atoms in total. The van der Waals surface area contributed by atoms with Crippen molar-refractivity contribution in [1.29, 1.82) is 0 Å². The molecule has 1 saturated heterocycles. The van der Waals surface area contributed by atoms with Crippen molar-refractivity contribution < 1.29 is 8.42 Å². The third-order valence-electron chi connectivity index (χ3n) is 5.32. The summed E-state index contributed by atoms with van der Waals surface area (Å²) in [6.07, 6.45) is 1.11. The monoisotopic (exact) mass is 434 g/mol. The maximum atomic E-state index is 13.0. The van der Waals surface area contributed by atoms with E-state index < -0.39 is 21.3 Å². The van der Waals surface area contributed by atoms with Gasteiger partial charge in [-0.15, -0.1) is 11.3 Å². The number of rotatable bonds is 4. The highest BCUT2D eigenvalue weighted by Gasteiger charge is 2.31. The van der Waals surface area contributed by atoms with Crippen molar-refractivity contribution in [2.45, 2.75) is 11.4 Å². The first-order chi connectivity index (χ1) is 13.8. The van der Waals surface area contributed by atoms with Crippen molar-refractivity contribution in [2.75, 3.05) is 26.2 Å². The number of aryl methyl sites for hydroxylation is 1. The topological polar surface area (TPSA) is 84.6 Å². The molecule has 0 N–H and O–H groups in total. The molecular formula is C19H22N4O4S2. The van der Waals surface area contributed by atoms with Crippen molar-refractivity contribution in [2.24, 2.45) is 14.1 Å². The average molecular weight is 435 g/mol. The van der Waals surface area contributed by atoms with Crippen LogP contribution in [0.3, 0.4) is 0 Å². The maximum Gasteiger partial charge on any atom is 0.330 e. The van der Waals surface area contributed by atoms with E-state index in [0.717, 1.165) is 21.9 Å². The summed E-state index contributed by atoms with van der Waals surface area (Å²) in [6, 6.07) is 8.26. The van der Waals surface area contributed by atoms with Crippen molar-refractivity contribution in [1.82, 2.24) is 18.3 Å². The molecule has 1 aromatic carbocycles. The van der Waals surface area contributed by atoms with Gasteiger partial charge in [0.1, 0.15) is 0 Å². The van der Waals surface area contributed by atoms with Crippen LogP contribution in [0.5, 0.6) is 0 Å². The van der Waals surface area contributed by atoms with Gasteiger partial charge in [0.15, 0.2) is 4.90 Å². The Balaban J connectivity index is 1.51. The molecule has 3 aromatic rings. The van der Waals surface area contributed by atoms with Gasteiger partial charge in [0.05, 0.1) is 0 Å². The Bertz CT molecular complexity index is 1280. The third-order valence-corrected chi connectivity index (χ3v) is 8.21. The Morgan fingerprint density at radius 2 is 1.72 bits per heavy atom. The van der Waals surface area contributed by atoms with E-state index in [1.807, 2.05) is 12.1 Å². The summed E-state index contributed by atoms with van der Waals surface area (Å²) in [5, 5.41) is 3.39. The summed E-state index contributed by atoms with van der Waals surface area (Å²) in [5.41, 5.74) is -0.101. The zero-order valence-electron chi connectivity index (χ0n) is 16.2. The van der Waals surface area contributed by atoms with Crippen molar-refractivity contribution in [3.63, 3.8) is 0 Å². The highest BCUT2D eigenvalue weighted by atomic mass is 32.2. The Morgan fingerprint density at radius 3 is 2.45 bits per heavy atom. The fraction of sp³-hybridized carbons (Fsp3) is 0.368. The maximum absolute atomic E-state index is 13.0. The minimum Gasteiger partial charge on any atom is -0.302 e. The number of aromatic nitrogens is 2. The second kappa shape index (κ2) is 7.52. The molecule has 10 heteroatoms. The Hall–Kier alpha value is -2.27. The van der Waals surface area contributed by atoms with Gasteiger partial charge in [0.2, 0.25) is 10.0 Å². The lowest BCUT2D eigenvalue weighted by atomic mass is 10.1. The minimum atomic E-state index is -3.96. The summed E-state index contributed by atoms with van der Waals surface area (Å²) >= 11 is 1.71. The van der Waals surface area contributed by atoms with Crippen molar-refractivity contribution in [3.05, 3.63) is 62.2 Å². The van der Waals surface area contributed by atoms with Crippen molar-refractivity contribution in [3.8, 4) is 0 Å². The number of fused-ring (bicyclic) bond motifs is 1. The van der Waals surface area contributed by atoms with Crippen LogP contribution in [-0.4, -0.2) is 52.9 Å². The first kappa shape index (κ1) is 20.0. The summed E-state index contributed by atoms with van der Waals surface area (Å²) < 4.78 is 30.5. The first-order valence-electron chi connectivity index (χ1n) is 9.23. The van der Waals surface area contributed by atoms with Gasteiger partial charge in [-0.25, -0.2) is 13.2 Å². The molecule has 1 aliphatic rings. The van der Waals surface area contributed by atoms with Gasteiger partial charge in [0.25, 0.3) is 5.56 Å². The summed E-state index contributed by atoms with van der Waals surface area (Å²) in [4.78, 5) is 26.1. The fourth-order valence-electron chi connectivity index (χ4n) is 3.62. The average Bonchev–Trinajstić information content (AvgIpc) is 3.12. The van der Waals surface area contributed by atoms with E-state index >= 15 is 0 Å². The second-order valence-corrected chi connectivity index (χ2v) is 10.0. The molecule has 0 saturated carbocycles. The molecule has 1 fully saturated rings. The minimum absolute atomic E-state index is 0.302. The number of piperazine rings is 1. The lowest BCUT2D eigenvalue weighted by molar-refractivity contribution is 0.182. The molecule has 0 bridgehead atoms. The lowest BCUT2D eigenvalue weighted by Crippen LogP contribution is -2.50. The van der Waals surface area contributed by atoms with E-state index in [1.165, 1.54) is 34.1 Å². The van der Waals surface area contributed by atoms with Crippen LogP contribution in [0.4, 0.5) is 0 Å². The van der Waals surface area contributed by atoms with E-state index in [1.54, 1.807) is 11.3 Å². The van der Waals surface area contributed by atoms with Crippen molar-refractivity contribution >= 4 is 31.4 Å². The van der Waals surface area contributed by atoms with E-state index in [0.29, 0.717) is 26.2 Å². The number of benzene rings is 1. The van der Waals surface area contributed by atoms with E-state index in [9.17, 15) is 18.0 Å². The Morgan fingerprint density at radius 1 is 1.03 bits per heavy atom. The molecule has 0 amide bonds. The van der Waals surface area contributed by atoms with Crippen LogP contribution >= 0.6 is 11.3 Å². The van der Waals surface area contributed by atoms with Gasteiger partial charge in [0, 0.05) is 57.7 Å². The summed E-state index contributed by atoms with van der Waals surface area (Å²) in [5.74, 6) is 0. The van der Waals surface area contributed by atoms with Crippen LogP contribution < -0.4 is 11.2 Å². The zero-order valence-corrected chi connectivity index (χ0v) is 17.9. The SMILES string of the molecule is Cn1cc(S(=O)(=O)N2CCN(Cc3csc4ccccc34)CC2)c(=O)n(C)c1=O. The van der Waals surface area contributed by atoms with E-state index in [4.69, 9.17) is 0 Å². The number of sulfonamides is 1. The number of hydrogen-bond donors (Lipinski definition) is 0. The van der Waals surface area contributed by atoms with Crippen LogP contribution in [0, 0.1) is 0 Å². The lowest BCUT2D eigenvalue weighted by Gasteiger charge is -2.33. The molecule has 1 aliphatic heterocycles. The normalized spacial score (nSPS) is 16.5. The molecular weight excluding hydrogens is 412 g/mol. The highest BCUT2D eigenvalue weighted by molar-refractivity contribution is 7.89. The van der Waals surface area contributed by atoms with Gasteiger partial charge in [-0.3, -0.25) is 14.3 Å². The first-order valence-corrected chi connectivity index (χ1v) is 11.6. The van der Waals surface area contributed by atoms with Gasteiger partial charge in [-0.05, 0) is 22.4 Å². The van der Waals surface area contributed by atoms with Gasteiger partial charge < -0.3 is 4.57 Å². The molecule has 0 aliphatic carbocycles. The van der Waals surface area contributed by atoms with Crippen LogP contribution in [0.2, 0.25) is 0 Å². The molecule has 154 valence electrons. The van der Waals surface area contributed by atoms with Crippen LogP contribution in [0.15, 0.2) is 50.3 Å². The third kappa shape index (κ3) is 3.57. The number of thiophene rings is 1. The Kier molecular flexibility index (Phi) is 5.19. The smallest absolute Gasteiger partial charge is 0.302 e. The standard InChI is InChI=1S/C19H22N4O4S2/c1-20-12-17(18(24)21(2)19(20)25)29(26,27)23-9-7-22(8-10-23)11-14-13-28-16-6-4-3-5-15(14)16/h3-6,12-13H,7-11H2,1-2H3. The molecule has 2 aromatic heterocycles. The second-order valence-electron chi connectivity index (χ2n) is 7.19. The zero-order chi connectivity index (χ0) is 20.8. The molecule has 29 heavy (non-hydrogen) atoms. The van der Waals surface area contributed by atoms with E-state index in [-0.39, 0.29) is 4.90 Å². The molecule has 0 spiro atoms. The molecule has 0 atom stereocenters. The fourth-order valence-corrected chi connectivity index (χ4v) is 6.14. The predicted octanol–water partition coefficient (Wildman–Crippen LogP) is 0.805. The van der Waals surface area contributed by atoms with Crippen LogP contribution in [0.25, 0.3) is 10.1 Å². The largest absolute Gasteiger partial charge is 0.330 e. The Labute approximate surface area is 172 Å². The summed E-state index contributed by atoms with van der Waals surface area (Å²) in [6.45, 7) is 2.53.